The fourth-order valence-corrected chi connectivity index (χ4v) is 4.85. The zero-order chi connectivity index (χ0) is 21.2. The standard InChI is InChI=1S/C24H23FN4OS/c25-20-8-6-19(7-9-20)22-16-29-21(17-31-24(29)26-22)14-23(30)28-12-10-27(11-13-28)15-18-4-2-1-3-5-18/h1-9,16-17H,10-15H2. The first-order chi connectivity index (χ1) is 15.2. The summed E-state index contributed by atoms with van der Waals surface area (Å²) in [6.45, 7) is 4.21. The van der Waals surface area contributed by atoms with Crippen molar-refractivity contribution < 1.29 is 9.18 Å². The molecule has 0 atom stereocenters. The van der Waals surface area contributed by atoms with Crippen molar-refractivity contribution in [3.8, 4) is 11.3 Å². The Balaban J connectivity index is 1.22. The molecular weight excluding hydrogens is 411 g/mol. The molecular formula is C24H23FN4OS. The molecule has 0 spiro atoms. The fourth-order valence-electron chi connectivity index (χ4n) is 3.98. The van der Waals surface area contributed by atoms with Crippen molar-refractivity contribution in [1.29, 1.82) is 0 Å². The van der Waals surface area contributed by atoms with E-state index in [4.69, 9.17) is 0 Å². The number of aromatic nitrogens is 2. The Kier molecular flexibility index (Phi) is 5.53. The lowest BCUT2D eigenvalue weighted by molar-refractivity contribution is -0.132. The molecule has 5 nitrogen and oxygen atoms in total. The lowest BCUT2D eigenvalue weighted by Gasteiger charge is -2.34. The third-order valence-electron chi connectivity index (χ3n) is 5.73. The molecule has 2 aromatic heterocycles. The van der Waals surface area contributed by atoms with Crippen molar-refractivity contribution in [1.82, 2.24) is 19.2 Å². The van der Waals surface area contributed by atoms with Gasteiger partial charge in [-0.15, -0.1) is 11.3 Å². The van der Waals surface area contributed by atoms with Crippen LogP contribution in [0.2, 0.25) is 0 Å². The molecule has 1 aliphatic rings. The van der Waals surface area contributed by atoms with E-state index in [1.165, 1.54) is 29.0 Å². The highest BCUT2D eigenvalue weighted by Crippen LogP contribution is 2.24. The molecule has 4 aromatic rings. The number of thiazole rings is 1. The van der Waals surface area contributed by atoms with Crippen LogP contribution >= 0.6 is 11.3 Å². The van der Waals surface area contributed by atoms with Crippen molar-refractivity contribution in [3.05, 3.63) is 83.2 Å². The van der Waals surface area contributed by atoms with E-state index in [0.717, 1.165) is 54.6 Å². The zero-order valence-electron chi connectivity index (χ0n) is 17.1. The van der Waals surface area contributed by atoms with E-state index in [1.54, 1.807) is 12.1 Å². The lowest BCUT2D eigenvalue weighted by Crippen LogP contribution is -2.48. The van der Waals surface area contributed by atoms with Crippen LogP contribution in [0.1, 0.15) is 11.3 Å². The van der Waals surface area contributed by atoms with E-state index in [9.17, 15) is 9.18 Å². The molecule has 5 rings (SSSR count). The number of hydrogen-bond donors (Lipinski definition) is 0. The number of halogens is 1. The summed E-state index contributed by atoms with van der Waals surface area (Å²) in [4.78, 5) is 22.8. The second-order valence-electron chi connectivity index (χ2n) is 7.83. The first-order valence-corrected chi connectivity index (χ1v) is 11.3. The van der Waals surface area contributed by atoms with Crippen LogP contribution in [0.3, 0.4) is 0 Å². The first-order valence-electron chi connectivity index (χ1n) is 10.4. The van der Waals surface area contributed by atoms with Crippen LogP contribution in [0.25, 0.3) is 16.2 Å². The number of nitrogens with zero attached hydrogens (tertiary/aromatic N) is 4. The van der Waals surface area contributed by atoms with Gasteiger partial charge in [0, 0.05) is 55.6 Å². The molecule has 1 saturated heterocycles. The Morgan fingerprint density at radius 2 is 1.74 bits per heavy atom. The van der Waals surface area contributed by atoms with E-state index in [0.29, 0.717) is 6.42 Å². The summed E-state index contributed by atoms with van der Waals surface area (Å²) < 4.78 is 15.2. The van der Waals surface area contributed by atoms with Crippen molar-refractivity contribution in [3.63, 3.8) is 0 Å². The summed E-state index contributed by atoms with van der Waals surface area (Å²) in [7, 11) is 0. The highest BCUT2D eigenvalue weighted by molar-refractivity contribution is 7.15. The van der Waals surface area contributed by atoms with Gasteiger partial charge < -0.3 is 4.90 Å². The minimum atomic E-state index is -0.264. The maximum absolute atomic E-state index is 13.2. The smallest absolute Gasteiger partial charge is 0.228 e. The highest BCUT2D eigenvalue weighted by atomic mass is 32.1. The Bertz CT molecular complexity index is 1180. The quantitative estimate of drug-likeness (QED) is 0.475. The number of amides is 1. The minimum Gasteiger partial charge on any atom is -0.340 e. The summed E-state index contributed by atoms with van der Waals surface area (Å²) in [5, 5.41) is 2.00. The number of carbonyl (C=O) groups is 1. The molecule has 1 aliphatic heterocycles. The van der Waals surface area contributed by atoms with Crippen molar-refractivity contribution in [2.24, 2.45) is 0 Å². The van der Waals surface area contributed by atoms with Gasteiger partial charge in [0.1, 0.15) is 5.82 Å². The van der Waals surface area contributed by atoms with Gasteiger partial charge in [0.2, 0.25) is 5.91 Å². The molecule has 0 aliphatic carbocycles. The van der Waals surface area contributed by atoms with Crippen LogP contribution < -0.4 is 0 Å². The van der Waals surface area contributed by atoms with Crippen molar-refractivity contribution in [2.75, 3.05) is 26.2 Å². The van der Waals surface area contributed by atoms with Gasteiger partial charge >= 0.3 is 0 Å². The zero-order valence-corrected chi connectivity index (χ0v) is 17.9. The van der Waals surface area contributed by atoms with Crippen LogP contribution in [0.4, 0.5) is 4.39 Å². The molecule has 3 heterocycles. The molecule has 1 fully saturated rings. The average Bonchev–Trinajstić information content (AvgIpc) is 3.37. The molecule has 1 amide bonds. The van der Waals surface area contributed by atoms with Crippen molar-refractivity contribution >= 4 is 22.2 Å². The Morgan fingerprint density at radius 1 is 1.00 bits per heavy atom. The maximum atomic E-state index is 13.2. The molecule has 0 unspecified atom stereocenters. The van der Waals surface area contributed by atoms with E-state index in [1.807, 2.05) is 26.9 Å². The first kappa shape index (κ1) is 19.9. The summed E-state index contributed by atoms with van der Waals surface area (Å²) >= 11 is 1.52. The van der Waals surface area contributed by atoms with Gasteiger partial charge in [-0.1, -0.05) is 30.3 Å². The normalized spacial score (nSPS) is 14.9. The predicted molar refractivity (Wildman–Crippen MR) is 120 cm³/mol. The fraction of sp³-hybridized carbons (Fsp3) is 0.250. The third-order valence-corrected chi connectivity index (χ3v) is 6.62. The molecule has 31 heavy (non-hydrogen) atoms. The van der Waals surface area contributed by atoms with Gasteiger partial charge in [-0.3, -0.25) is 14.1 Å². The van der Waals surface area contributed by atoms with E-state index in [-0.39, 0.29) is 11.7 Å². The van der Waals surface area contributed by atoms with Gasteiger partial charge in [0.25, 0.3) is 0 Å². The SMILES string of the molecule is O=C(Cc1csc2nc(-c3ccc(F)cc3)cn12)N1CCN(Cc2ccccc2)CC1. The second kappa shape index (κ2) is 8.61. The topological polar surface area (TPSA) is 40.9 Å². The number of imidazole rings is 1. The number of hydrogen-bond acceptors (Lipinski definition) is 4. The van der Waals surface area contributed by atoms with Gasteiger partial charge in [-0.25, -0.2) is 9.37 Å². The number of fused-ring (bicyclic) bond motifs is 1. The van der Waals surface area contributed by atoms with E-state index < -0.39 is 0 Å². The predicted octanol–water partition coefficient (Wildman–Crippen LogP) is 4.09. The maximum Gasteiger partial charge on any atom is 0.228 e. The van der Waals surface area contributed by atoms with Crippen LogP contribution in [-0.2, 0) is 17.8 Å². The summed E-state index contributed by atoms with van der Waals surface area (Å²) in [6.07, 6.45) is 2.29. The summed E-state index contributed by atoms with van der Waals surface area (Å²) in [5.74, 6) is -0.115. The number of carbonyl (C=O) groups excluding carboxylic acids is 1. The molecule has 0 radical (unpaired) electrons. The van der Waals surface area contributed by atoms with Gasteiger partial charge in [0.15, 0.2) is 4.96 Å². The van der Waals surface area contributed by atoms with Crippen LogP contribution in [-0.4, -0.2) is 51.3 Å². The Morgan fingerprint density at radius 3 is 2.48 bits per heavy atom. The van der Waals surface area contributed by atoms with Gasteiger partial charge in [-0.2, -0.15) is 0 Å². The van der Waals surface area contributed by atoms with Crippen LogP contribution in [0, 0.1) is 5.82 Å². The summed E-state index contributed by atoms with van der Waals surface area (Å²) in [6, 6.07) is 16.8. The molecule has 0 bridgehead atoms. The molecule has 0 N–H and O–H groups in total. The average molecular weight is 435 g/mol. The van der Waals surface area contributed by atoms with Gasteiger partial charge in [-0.05, 0) is 29.8 Å². The van der Waals surface area contributed by atoms with E-state index in [2.05, 4.69) is 34.1 Å². The Hall–Kier alpha value is -3.03. The van der Waals surface area contributed by atoms with Gasteiger partial charge in [0.05, 0.1) is 12.1 Å². The largest absolute Gasteiger partial charge is 0.340 e. The van der Waals surface area contributed by atoms with E-state index >= 15 is 0 Å². The minimum absolute atomic E-state index is 0.149. The number of rotatable bonds is 5. The molecule has 2 aromatic carbocycles. The van der Waals surface area contributed by atoms with Crippen LogP contribution in [0.15, 0.2) is 66.2 Å². The molecule has 7 heteroatoms. The molecule has 158 valence electrons. The second-order valence-corrected chi connectivity index (χ2v) is 8.67. The number of piperazine rings is 1. The van der Waals surface area contributed by atoms with Crippen LogP contribution in [0.5, 0.6) is 0 Å². The molecule has 0 saturated carbocycles. The van der Waals surface area contributed by atoms with Crippen molar-refractivity contribution in [2.45, 2.75) is 13.0 Å². The highest BCUT2D eigenvalue weighted by Gasteiger charge is 2.22. The number of benzene rings is 2. The lowest BCUT2D eigenvalue weighted by atomic mass is 10.2. The summed E-state index contributed by atoms with van der Waals surface area (Å²) in [5.41, 5.74) is 3.90. The monoisotopic (exact) mass is 434 g/mol. The third kappa shape index (κ3) is 4.38. The Labute approximate surface area is 184 Å².